The van der Waals surface area contributed by atoms with Crippen molar-refractivity contribution in [2.24, 2.45) is 11.8 Å². The number of amides is 1. The molecule has 0 aliphatic carbocycles. The lowest BCUT2D eigenvalue weighted by Gasteiger charge is -2.33. The van der Waals surface area contributed by atoms with Gasteiger partial charge in [0.05, 0.1) is 32.3 Å². The first-order valence-corrected chi connectivity index (χ1v) is 10.1. The minimum atomic E-state index is -1.24. The number of carbonyl (C=O) groups is 2. The molecule has 1 amide bonds. The smallest absolute Gasteiger partial charge is 0.230 e. The highest BCUT2D eigenvalue weighted by molar-refractivity contribution is 5.91. The van der Waals surface area contributed by atoms with Gasteiger partial charge in [-0.1, -0.05) is 23.8 Å². The van der Waals surface area contributed by atoms with Crippen LogP contribution in [0.4, 0.5) is 0 Å². The van der Waals surface area contributed by atoms with E-state index in [0.717, 1.165) is 11.1 Å². The number of benzene rings is 1. The normalized spacial score (nSPS) is 31.2. The Kier molecular flexibility index (Phi) is 5.10. The van der Waals surface area contributed by atoms with Crippen LogP contribution in [0.2, 0.25) is 0 Å². The fraction of sp³-hybridized carbons (Fsp3) is 0.478. The number of nitrogens with zero attached hydrogens (tertiary/aromatic N) is 1. The van der Waals surface area contributed by atoms with Gasteiger partial charge in [0, 0.05) is 18.4 Å². The number of hydrogen-bond donors (Lipinski definition) is 0. The topological polar surface area (TPSA) is 88.1 Å². The average molecular weight is 412 g/mol. The van der Waals surface area contributed by atoms with Crippen LogP contribution in [-0.4, -0.2) is 55.3 Å². The van der Waals surface area contributed by atoms with Crippen LogP contribution in [0.25, 0.3) is 0 Å². The summed E-state index contributed by atoms with van der Waals surface area (Å²) >= 11 is 0. The van der Waals surface area contributed by atoms with Crippen molar-refractivity contribution in [1.82, 2.24) is 4.90 Å². The van der Waals surface area contributed by atoms with Gasteiger partial charge in [-0.25, -0.2) is 0 Å². The van der Waals surface area contributed by atoms with E-state index in [2.05, 4.69) is 6.58 Å². The molecule has 160 valence electrons. The molecule has 3 aliphatic heterocycles. The van der Waals surface area contributed by atoms with Gasteiger partial charge in [-0.15, -0.1) is 6.58 Å². The Bertz CT molecular complexity index is 924. The summed E-state index contributed by atoms with van der Waals surface area (Å²) in [6.07, 6.45) is 4.16. The highest BCUT2D eigenvalue weighted by atomic mass is 16.5. The van der Waals surface area contributed by atoms with Crippen molar-refractivity contribution in [2.75, 3.05) is 20.8 Å². The Labute approximate surface area is 175 Å². The fourth-order valence-electron chi connectivity index (χ4n) is 5.14. The Balaban J connectivity index is 1.61. The summed E-state index contributed by atoms with van der Waals surface area (Å²) in [7, 11) is 3.16. The first-order chi connectivity index (χ1) is 14.3. The van der Waals surface area contributed by atoms with Gasteiger partial charge in [-0.05, 0) is 37.5 Å². The number of aliphatic carboxylic acids is 1. The third-order valence-electron chi connectivity index (χ3n) is 6.44. The third-order valence-corrected chi connectivity index (χ3v) is 6.44. The zero-order valence-corrected chi connectivity index (χ0v) is 17.4. The Morgan fingerprint density at radius 2 is 2.03 bits per heavy atom. The number of fused-ring (bicyclic) bond motifs is 1. The van der Waals surface area contributed by atoms with Crippen LogP contribution in [0.5, 0.6) is 11.5 Å². The first kappa shape index (κ1) is 20.5. The Hall–Kier alpha value is -2.80. The molecule has 1 aromatic rings. The molecule has 7 nitrogen and oxygen atoms in total. The van der Waals surface area contributed by atoms with Crippen molar-refractivity contribution in [1.29, 1.82) is 0 Å². The summed E-state index contributed by atoms with van der Waals surface area (Å²) in [6, 6.07) is 5.36. The summed E-state index contributed by atoms with van der Waals surface area (Å²) < 4.78 is 16.8. The van der Waals surface area contributed by atoms with E-state index in [1.165, 1.54) is 0 Å². The van der Waals surface area contributed by atoms with E-state index in [1.807, 2.05) is 31.2 Å². The second kappa shape index (κ2) is 7.47. The summed E-state index contributed by atoms with van der Waals surface area (Å²) in [5.41, 5.74) is 0.973. The molecule has 3 heterocycles. The lowest BCUT2D eigenvalue weighted by molar-refractivity contribution is -0.313. The maximum Gasteiger partial charge on any atom is 0.230 e. The molecule has 3 aliphatic rings. The lowest BCUT2D eigenvalue weighted by atomic mass is 9.74. The van der Waals surface area contributed by atoms with Crippen LogP contribution in [0.15, 0.2) is 42.5 Å². The van der Waals surface area contributed by atoms with E-state index >= 15 is 0 Å². The summed E-state index contributed by atoms with van der Waals surface area (Å²) in [4.78, 5) is 26.9. The molecule has 4 rings (SSSR count). The highest BCUT2D eigenvalue weighted by Crippen LogP contribution is 2.55. The molecular weight excluding hydrogens is 386 g/mol. The SMILES string of the molecule is C=C(C)C[C@@H]1N(CCc2ccc(OC)c(OC)c2)C(=O)[C@@H]2[C@@H](C(=O)[O-])[C@H]3C=C[C@]21O3. The van der Waals surface area contributed by atoms with E-state index < -0.39 is 29.5 Å². The molecule has 1 spiro atoms. The predicted octanol–water partition coefficient (Wildman–Crippen LogP) is 1.11. The van der Waals surface area contributed by atoms with Gasteiger partial charge in [-0.3, -0.25) is 4.79 Å². The van der Waals surface area contributed by atoms with Crippen molar-refractivity contribution in [3.05, 3.63) is 48.1 Å². The van der Waals surface area contributed by atoms with Gasteiger partial charge in [0.1, 0.15) is 5.60 Å². The molecule has 2 saturated heterocycles. The maximum absolute atomic E-state index is 13.4. The van der Waals surface area contributed by atoms with Gasteiger partial charge in [0.25, 0.3) is 0 Å². The van der Waals surface area contributed by atoms with Gasteiger partial charge in [0.2, 0.25) is 5.91 Å². The van der Waals surface area contributed by atoms with Crippen molar-refractivity contribution in [3.8, 4) is 11.5 Å². The van der Waals surface area contributed by atoms with Crippen molar-refractivity contribution < 1.29 is 28.9 Å². The molecule has 0 radical (unpaired) electrons. The van der Waals surface area contributed by atoms with E-state index in [9.17, 15) is 14.7 Å². The second-order valence-electron chi connectivity index (χ2n) is 8.27. The maximum atomic E-state index is 13.4. The van der Waals surface area contributed by atoms with Crippen LogP contribution < -0.4 is 14.6 Å². The summed E-state index contributed by atoms with van der Waals surface area (Å²) in [5, 5.41) is 11.8. The van der Waals surface area contributed by atoms with Crippen LogP contribution in [0.1, 0.15) is 18.9 Å². The number of hydrogen-bond acceptors (Lipinski definition) is 6. The predicted molar refractivity (Wildman–Crippen MR) is 107 cm³/mol. The minimum Gasteiger partial charge on any atom is -0.550 e. The standard InChI is InChI=1S/C23H27NO6/c1-13(2)11-18-23-9-7-16(30-23)19(22(26)27)20(23)21(25)24(18)10-8-14-5-6-15(28-3)17(12-14)29-4/h5-7,9,12,16,18-20H,1,8,10-11H2,2-4H3,(H,26,27)/p-1/t16-,18+,19+,20+,23-/m1/s1. The number of carbonyl (C=O) groups excluding carboxylic acids is 2. The summed E-state index contributed by atoms with van der Waals surface area (Å²) in [5.74, 6) is -1.88. The molecule has 0 saturated carbocycles. The number of ether oxygens (including phenoxy) is 3. The average Bonchev–Trinajstić information content (AvgIpc) is 3.35. The number of carboxylic acids is 1. The van der Waals surface area contributed by atoms with Crippen LogP contribution in [0, 0.1) is 11.8 Å². The van der Waals surface area contributed by atoms with E-state index in [1.54, 1.807) is 25.2 Å². The molecular formula is C23H26NO6-. The molecule has 2 fully saturated rings. The monoisotopic (exact) mass is 412 g/mol. The molecule has 5 atom stereocenters. The Morgan fingerprint density at radius 1 is 1.30 bits per heavy atom. The van der Waals surface area contributed by atoms with Gasteiger partial charge in [0.15, 0.2) is 11.5 Å². The third kappa shape index (κ3) is 2.99. The zero-order valence-electron chi connectivity index (χ0n) is 17.4. The molecule has 2 bridgehead atoms. The molecule has 0 unspecified atom stereocenters. The first-order valence-electron chi connectivity index (χ1n) is 10.1. The van der Waals surface area contributed by atoms with E-state index in [4.69, 9.17) is 14.2 Å². The van der Waals surface area contributed by atoms with Crippen molar-refractivity contribution >= 4 is 11.9 Å². The molecule has 0 aromatic heterocycles. The minimum absolute atomic E-state index is 0.192. The fourth-order valence-corrected chi connectivity index (χ4v) is 5.14. The number of rotatable bonds is 8. The van der Waals surface area contributed by atoms with E-state index in [0.29, 0.717) is 30.9 Å². The van der Waals surface area contributed by atoms with Gasteiger partial charge < -0.3 is 29.0 Å². The van der Waals surface area contributed by atoms with Crippen LogP contribution >= 0.6 is 0 Å². The number of methoxy groups -OCH3 is 2. The number of likely N-dealkylation sites (tertiary alicyclic amines) is 1. The quantitative estimate of drug-likeness (QED) is 0.595. The molecule has 1 aromatic carbocycles. The second-order valence-corrected chi connectivity index (χ2v) is 8.27. The largest absolute Gasteiger partial charge is 0.550 e. The van der Waals surface area contributed by atoms with E-state index in [-0.39, 0.29) is 11.9 Å². The van der Waals surface area contributed by atoms with Crippen molar-refractivity contribution in [3.63, 3.8) is 0 Å². The molecule has 30 heavy (non-hydrogen) atoms. The zero-order chi connectivity index (χ0) is 21.6. The molecule has 0 N–H and O–H groups in total. The summed E-state index contributed by atoms with van der Waals surface area (Å²) in [6.45, 7) is 6.35. The highest BCUT2D eigenvalue weighted by Gasteiger charge is 2.69. The number of carboxylic acid groups (broad SMARTS) is 1. The van der Waals surface area contributed by atoms with Crippen molar-refractivity contribution in [2.45, 2.75) is 37.5 Å². The molecule has 7 heteroatoms. The van der Waals surface area contributed by atoms with Crippen LogP contribution in [-0.2, 0) is 20.7 Å². The lowest BCUT2D eigenvalue weighted by Crippen LogP contribution is -2.46. The Morgan fingerprint density at radius 3 is 2.67 bits per heavy atom. The van der Waals surface area contributed by atoms with Crippen LogP contribution in [0.3, 0.4) is 0 Å². The van der Waals surface area contributed by atoms with Gasteiger partial charge >= 0.3 is 0 Å². The van der Waals surface area contributed by atoms with Gasteiger partial charge in [-0.2, -0.15) is 0 Å².